The number of unbranched alkanes of at least 4 members (excludes halogenated alkanes) is 1. The molecule has 0 bridgehead atoms. The molecule has 1 rings (SSSR count). The molecule has 0 N–H and O–H groups in total. The molecular weight excluding hydrogens is 231 g/mol. The van der Waals surface area contributed by atoms with Crippen molar-refractivity contribution in [3.63, 3.8) is 0 Å². The van der Waals surface area contributed by atoms with Crippen molar-refractivity contribution in [2.45, 2.75) is 39.5 Å². The summed E-state index contributed by atoms with van der Waals surface area (Å²) in [7, 11) is 1.37. The van der Waals surface area contributed by atoms with Crippen molar-refractivity contribution in [2.75, 3.05) is 7.05 Å². The first kappa shape index (κ1) is 16.6. The molecule has 0 aromatic rings. The summed E-state index contributed by atoms with van der Waals surface area (Å²) >= 11 is 0. The predicted molar refractivity (Wildman–Crippen MR) is 58.8 cm³/mol. The first-order valence-electron chi connectivity index (χ1n) is 5.58. The van der Waals surface area contributed by atoms with E-state index in [2.05, 4.69) is 5.32 Å². The zero-order valence-electron chi connectivity index (χ0n) is 10.9. The molecule has 6 heteroatoms. The van der Waals surface area contributed by atoms with Crippen LogP contribution in [0.1, 0.15) is 39.5 Å². The quantitative estimate of drug-likeness (QED) is 0.477. The summed E-state index contributed by atoms with van der Waals surface area (Å²) in [6.07, 6.45) is 2.55. The van der Waals surface area contributed by atoms with Crippen molar-refractivity contribution in [1.29, 1.82) is 0 Å². The Bertz CT molecular complexity index is 333. The first-order chi connectivity index (χ1) is 7.49. The van der Waals surface area contributed by atoms with Gasteiger partial charge in [0.05, 0.1) is 5.41 Å². The molecule has 1 heterocycles. The van der Waals surface area contributed by atoms with Crippen molar-refractivity contribution >= 4 is 17.8 Å². The summed E-state index contributed by atoms with van der Waals surface area (Å²) in [6.45, 7) is 3.78. The zero-order chi connectivity index (χ0) is 12.3. The fourth-order valence-corrected chi connectivity index (χ4v) is 1.94. The second-order valence-corrected chi connectivity index (χ2v) is 4.10. The number of hydrogen-bond donors (Lipinski definition) is 0. The third-order valence-corrected chi connectivity index (χ3v) is 3.17. The van der Waals surface area contributed by atoms with Crippen LogP contribution in [0.25, 0.3) is 5.32 Å². The van der Waals surface area contributed by atoms with Crippen LogP contribution < -0.4 is 29.6 Å². The molecule has 1 aliphatic heterocycles. The molecule has 0 spiro atoms. The first-order valence-corrected chi connectivity index (χ1v) is 5.58. The third kappa shape index (κ3) is 2.89. The second kappa shape index (κ2) is 6.52. The Morgan fingerprint density at radius 1 is 1.24 bits per heavy atom. The molecule has 1 unspecified atom stereocenters. The average molecular weight is 248 g/mol. The van der Waals surface area contributed by atoms with Crippen LogP contribution in [0.4, 0.5) is 4.79 Å². The second-order valence-electron chi connectivity index (χ2n) is 4.10. The molecule has 0 saturated carbocycles. The van der Waals surface area contributed by atoms with Gasteiger partial charge >= 0.3 is 29.6 Å². The van der Waals surface area contributed by atoms with E-state index in [1.807, 2.05) is 6.92 Å². The minimum atomic E-state index is -1.10. The molecule has 1 fully saturated rings. The Morgan fingerprint density at radius 3 is 2.29 bits per heavy atom. The summed E-state index contributed by atoms with van der Waals surface area (Å²) in [5.41, 5.74) is -1.10. The fraction of sp³-hybridized carbons (Fsp3) is 0.727. The molecule has 0 aliphatic carbocycles. The van der Waals surface area contributed by atoms with Crippen LogP contribution >= 0.6 is 0 Å². The van der Waals surface area contributed by atoms with Crippen LogP contribution in [-0.2, 0) is 9.59 Å². The van der Waals surface area contributed by atoms with E-state index in [4.69, 9.17) is 0 Å². The summed E-state index contributed by atoms with van der Waals surface area (Å²) in [6, 6.07) is -0.754. The molecule has 1 aliphatic rings. The van der Waals surface area contributed by atoms with Gasteiger partial charge in [-0.2, -0.15) is 0 Å². The van der Waals surface area contributed by atoms with Gasteiger partial charge in [0, 0.05) is 0 Å². The molecule has 5 nitrogen and oxygen atoms in total. The number of imide groups is 2. The van der Waals surface area contributed by atoms with Gasteiger partial charge in [-0.15, -0.1) is 0 Å². The number of hydrogen-bond acceptors (Lipinski definition) is 3. The summed E-state index contributed by atoms with van der Waals surface area (Å²) < 4.78 is 0. The molecule has 90 valence electrons. The minimum absolute atomic E-state index is 0. The molecule has 17 heavy (non-hydrogen) atoms. The Labute approximate surface area is 124 Å². The molecule has 1 atom stereocenters. The number of carbonyl (C=O) groups is 3. The Morgan fingerprint density at radius 2 is 1.82 bits per heavy atom. The predicted octanol–water partition coefficient (Wildman–Crippen LogP) is -0.931. The van der Waals surface area contributed by atoms with E-state index in [1.165, 1.54) is 7.05 Å². The number of barbiturate groups is 1. The maximum absolute atomic E-state index is 12.0. The number of nitrogens with zero attached hydrogens (tertiary/aromatic N) is 2. The number of urea groups is 1. The van der Waals surface area contributed by atoms with Gasteiger partial charge in [-0.1, -0.05) is 33.7 Å². The van der Waals surface area contributed by atoms with E-state index < -0.39 is 23.3 Å². The normalized spacial score (nSPS) is 24.4. The van der Waals surface area contributed by atoms with Gasteiger partial charge in [0.15, 0.2) is 17.8 Å². The van der Waals surface area contributed by atoms with Crippen molar-refractivity contribution in [2.24, 2.45) is 5.41 Å². The molecule has 0 aromatic heterocycles. The van der Waals surface area contributed by atoms with Gasteiger partial charge in [0.1, 0.15) is 0 Å². The molecule has 4 amide bonds. The number of carbonyl (C=O) groups excluding carboxylic acids is 3. The Balaban J connectivity index is 0.00000256. The summed E-state index contributed by atoms with van der Waals surface area (Å²) in [4.78, 5) is 36.0. The maximum atomic E-state index is 12.0. The van der Waals surface area contributed by atoms with E-state index in [-0.39, 0.29) is 29.6 Å². The van der Waals surface area contributed by atoms with Crippen molar-refractivity contribution < 1.29 is 43.9 Å². The molecular formula is C11H17N2NaO3. The standard InChI is InChI=1S/C11H18N2O3.Na/c1-4-6-7-11(5-2)8(14)12-10(16)13(3)9(11)15;/h4-7H2,1-3H3,(H,12,14,16);/q;+1/p-1. The summed E-state index contributed by atoms with van der Waals surface area (Å²) in [5, 5.41) is 3.42. The fourth-order valence-electron chi connectivity index (χ4n) is 1.94. The van der Waals surface area contributed by atoms with E-state index in [0.717, 1.165) is 17.7 Å². The maximum Gasteiger partial charge on any atom is 1.00 e. The van der Waals surface area contributed by atoms with Gasteiger partial charge < -0.3 is 10.2 Å². The van der Waals surface area contributed by atoms with Gasteiger partial charge in [-0.05, 0) is 12.8 Å². The summed E-state index contributed by atoms with van der Waals surface area (Å²) in [5.74, 6) is -0.981. The SMILES string of the molecule is CCCCC1(CC)C(=O)[N-]C(=O)N(C)C1=O.[Na+]. The molecule has 0 aromatic carbocycles. The van der Waals surface area contributed by atoms with Gasteiger partial charge in [-0.25, -0.2) is 0 Å². The van der Waals surface area contributed by atoms with Crippen molar-refractivity contribution in [3.8, 4) is 0 Å². The van der Waals surface area contributed by atoms with Crippen LogP contribution in [0.5, 0.6) is 0 Å². The zero-order valence-corrected chi connectivity index (χ0v) is 12.9. The average Bonchev–Trinajstić information content (AvgIpc) is 2.27. The van der Waals surface area contributed by atoms with Crippen molar-refractivity contribution in [3.05, 3.63) is 5.32 Å². The molecule has 1 saturated heterocycles. The smallest absolute Gasteiger partial charge is 0.384 e. The Kier molecular flexibility index (Phi) is 6.37. The van der Waals surface area contributed by atoms with Gasteiger partial charge in [-0.3, -0.25) is 14.4 Å². The van der Waals surface area contributed by atoms with E-state index in [9.17, 15) is 14.4 Å². The monoisotopic (exact) mass is 248 g/mol. The van der Waals surface area contributed by atoms with Gasteiger partial charge in [0.25, 0.3) is 0 Å². The van der Waals surface area contributed by atoms with E-state index in [0.29, 0.717) is 12.8 Å². The van der Waals surface area contributed by atoms with E-state index in [1.54, 1.807) is 6.92 Å². The van der Waals surface area contributed by atoms with Crippen LogP contribution in [0.3, 0.4) is 0 Å². The minimum Gasteiger partial charge on any atom is -0.384 e. The van der Waals surface area contributed by atoms with Crippen LogP contribution in [0, 0.1) is 5.41 Å². The third-order valence-electron chi connectivity index (χ3n) is 3.17. The molecule has 0 radical (unpaired) electrons. The largest absolute Gasteiger partial charge is 1.00 e. The number of amides is 4. The Hall–Kier alpha value is -0.390. The van der Waals surface area contributed by atoms with Gasteiger partial charge in [0.2, 0.25) is 0 Å². The van der Waals surface area contributed by atoms with Crippen LogP contribution in [0.2, 0.25) is 0 Å². The van der Waals surface area contributed by atoms with Crippen LogP contribution in [0.15, 0.2) is 0 Å². The van der Waals surface area contributed by atoms with Crippen molar-refractivity contribution in [1.82, 2.24) is 4.90 Å². The topological polar surface area (TPSA) is 68.6 Å². The number of rotatable bonds is 4. The van der Waals surface area contributed by atoms with Crippen LogP contribution in [-0.4, -0.2) is 29.8 Å². The van der Waals surface area contributed by atoms with E-state index >= 15 is 0 Å².